The molecule has 0 bridgehead atoms. The highest BCUT2D eigenvalue weighted by molar-refractivity contribution is 5.78. The third kappa shape index (κ3) is 4.30. The van der Waals surface area contributed by atoms with Crippen LogP contribution in [-0.2, 0) is 4.79 Å². The van der Waals surface area contributed by atoms with Crippen LogP contribution in [0.5, 0.6) is 0 Å². The van der Waals surface area contributed by atoms with Gasteiger partial charge in [0, 0.05) is 24.0 Å². The van der Waals surface area contributed by atoms with E-state index in [4.69, 9.17) is 0 Å². The van der Waals surface area contributed by atoms with E-state index < -0.39 is 0 Å². The smallest absolute Gasteiger partial charge is 0.223 e. The summed E-state index contributed by atoms with van der Waals surface area (Å²) in [4.78, 5) is 17.8. The molecule has 2 atom stereocenters. The lowest BCUT2D eigenvalue weighted by molar-refractivity contribution is -0.127. The second kappa shape index (κ2) is 8.15. The van der Waals surface area contributed by atoms with Crippen molar-refractivity contribution in [3.63, 3.8) is 0 Å². The van der Waals surface area contributed by atoms with Crippen molar-refractivity contribution >= 4 is 5.91 Å². The largest absolute Gasteiger partial charge is 0.354 e. The number of carbonyl (C=O) groups is 1. The Kier molecular flexibility index (Phi) is 6.17. The van der Waals surface area contributed by atoms with Crippen molar-refractivity contribution in [2.45, 2.75) is 63.5 Å². The molecule has 0 aromatic carbocycles. The molecule has 0 unspecified atom stereocenters. The van der Waals surface area contributed by atoms with Gasteiger partial charge in [-0.2, -0.15) is 0 Å². The summed E-state index contributed by atoms with van der Waals surface area (Å²) in [5.74, 6) is 0.490. The molecule has 24 heavy (non-hydrogen) atoms. The van der Waals surface area contributed by atoms with E-state index in [-0.39, 0.29) is 11.5 Å². The summed E-state index contributed by atoms with van der Waals surface area (Å²) in [6, 6.07) is 0.467. The van der Waals surface area contributed by atoms with E-state index in [9.17, 15) is 4.79 Å². The average molecular weight is 337 g/mol. The van der Waals surface area contributed by atoms with E-state index in [1.54, 1.807) is 0 Å². The van der Waals surface area contributed by atoms with Crippen molar-refractivity contribution in [2.75, 3.05) is 46.3 Å². The van der Waals surface area contributed by atoms with Gasteiger partial charge in [0.05, 0.1) is 0 Å². The monoisotopic (exact) mass is 336 g/mol. The molecule has 0 saturated carbocycles. The van der Waals surface area contributed by atoms with E-state index in [2.05, 4.69) is 34.4 Å². The summed E-state index contributed by atoms with van der Waals surface area (Å²) in [5.41, 5.74) is 0.196. The molecular weight excluding hydrogens is 300 g/mol. The summed E-state index contributed by atoms with van der Waals surface area (Å²) < 4.78 is 0. The maximum Gasteiger partial charge on any atom is 0.223 e. The molecule has 0 spiro atoms. The molecule has 3 saturated heterocycles. The number of likely N-dealkylation sites (tertiary alicyclic amines) is 2. The van der Waals surface area contributed by atoms with Gasteiger partial charge < -0.3 is 15.5 Å². The zero-order valence-electron chi connectivity index (χ0n) is 15.6. The highest BCUT2D eigenvalue weighted by atomic mass is 16.1. The fourth-order valence-electron chi connectivity index (χ4n) is 4.77. The molecule has 3 rings (SSSR count). The van der Waals surface area contributed by atoms with Gasteiger partial charge in [-0.3, -0.25) is 9.69 Å². The summed E-state index contributed by atoms with van der Waals surface area (Å²) in [6.45, 7) is 8.73. The van der Waals surface area contributed by atoms with Crippen LogP contribution in [0.1, 0.15) is 51.9 Å². The first-order valence-corrected chi connectivity index (χ1v) is 10.0. The predicted octanol–water partition coefficient (Wildman–Crippen LogP) is 1.44. The number of rotatable bonds is 4. The zero-order chi connectivity index (χ0) is 17.0. The number of nitrogens with zero attached hydrogens (tertiary/aromatic N) is 2. The molecule has 3 aliphatic rings. The SMILES string of the molecule is C[C@H]1C[C@@H](C(=O)NCC2(N3CCCCC3)CCN(C)CC2)CCN1. The van der Waals surface area contributed by atoms with Crippen LogP contribution in [0.3, 0.4) is 0 Å². The minimum absolute atomic E-state index is 0.196. The number of nitrogens with one attached hydrogen (secondary N) is 2. The Balaban J connectivity index is 1.60. The summed E-state index contributed by atoms with van der Waals surface area (Å²) >= 11 is 0. The molecule has 138 valence electrons. The number of carbonyl (C=O) groups excluding carboxylic acids is 1. The van der Waals surface area contributed by atoms with Gasteiger partial charge in [-0.05, 0) is 85.2 Å². The van der Waals surface area contributed by atoms with Crippen LogP contribution in [0.25, 0.3) is 0 Å². The van der Waals surface area contributed by atoms with Gasteiger partial charge in [-0.25, -0.2) is 0 Å². The van der Waals surface area contributed by atoms with Crippen LogP contribution in [0.2, 0.25) is 0 Å². The third-order valence-electron chi connectivity index (χ3n) is 6.53. The summed E-state index contributed by atoms with van der Waals surface area (Å²) in [7, 11) is 2.22. The molecule has 0 aromatic rings. The highest BCUT2D eigenvalue weighted by Gasteiger charge is 2.40. The molecule has 3 aliphatic heterocycles. The molecule has 3 fully saturated rings. The fourth-order valence-corrected chi connectivity index (χ4v) is 4.77. The number of amides is 1. The summed E-state index contributed by atoms with van der Waals surface area (Å²) in [6.07, 6.45) is 8.33. The Morgan fingerprint density at radius 1 is 1.17 bits per heavy atom. The number of piperidine rings is 3. The van der Waals surface area contributed by atoms with Gasteiger partial charge in [0.25, 0.3) is 0 Å². The van der Waals surface area contributed by atoms with Crippen molar-refractivity contribution in [1.82, 2.24) is 20.4 Å². The minimum atomic E-state index is 0.196. The van der Waals surface area contributed by atoms with Crippen LogP contribution in [0, 0.1) is 5.92 Å². The van der Waals surface area contributed by atoms with Crippen molar-refractivity contribution in [1.29, 1.82) is 0 Å². The maximum atomic E-state index is 12.7. The van der Waals surface area contributed by atoms with Gasteiger partial charge in [-0.1, -0.05) is 6.42 Å². The van der Waals surface area contributed by atoms with Crippen LogP contribution < -0.4 is 10.6 Å². The first kappa shape index (κ1) is 18.2. The van der Waals surface area contributed by atoms with Gasteiger partial charge in [0.15, 0.2) is 0 Å². The van der Waals surface area contributed by atoms with Crippen LogP contribution in [0.4, 0.5) is 0 Å². The second-order valence-electron chi connectivity index (χ2n) is 8.37. The first-order chi connectivity index (χ1) is 11.6. The second-order valence-corrected chi connectivity index (χ2v) is 8.37. The average Bonchev–Trinajstić information content (AvgIpc) is 2.62. The van der Waals surface area contributed by atoms with Crippen LogP contribution in [-0.4, -0.2) is 73.6 Å². The molecule has 2 N–H and O–H groups in total. The lowest BCUT2D eigenvalue weighted by Gasteiger charge is -2.50. The van der Waals surface area contributed by atoms with Gasteiger partial charge in [0.1, 0.15) is 0 Å². The third-order valence-corrected chi connectivity index (χ3v) is 6.53. The van der Waals surface area contributed by atoms with Crippen molar-refractivity contribution in [3.05, 3.63) is 0 Å². The van der Waals surface area contributed by atoms with E-state index in [0.717, 1.165) is 39.0 Å². The predicted molar refractivity (Wildman–Crippen MR) is 98.1 cm³/mol. The molecule has 0 radical (unpaired) electrons. The van der Waals surface area contributed by atoms with E-state index in [1.807, 2.05) is 0 Å². The topological polar surface area (TPSA) is 47.6 Å². The lowest BCUT2D eigenvalue weighted by Crippen LogP contribution is -2.61. The summed E-state index contributed by atoms with van der Waals surface area (Å²) in [5, 5.41) is 6.81. The molecule has 5 nitrogen and oxygen atoms in total. The molecule has 1 amide bonds. The minimum Gasteiger partial charge on any atom is -0.354 e. The van der Waals surface area contributed by atoms with Crippen molar-refractivity contribution in [2.24, 2.45) is 5.92 Å². The maximum absolute atomic E-state index is 12.7. The Bertz CT molecular complexity index is 414. The van der Waals surface area contributed by atoms with Gasteiger partial charge in [0.2, 0.25) is 5.91 Å². The standard InChI is InChI=1S/C19H36N4O/c1-16-14-17(6-9-20-16)18(24)21-15-19(7-12-22(2)13-8-19)23-10-4-3-5-11-23/h16-17,20H,3-15H2,1-2H3,(H,21,24)/t16-,17-/m0/s1. The Morgan fingerprint density at radius 2 is 1.88 bits per heavy atom. The number of hydrogen-bond acceptors (Lipinski definition) is 4. The Morgan fingerprint density at radius 3 is 2.54 bits per heavy atom. The molecule has 5 heteroatoms. The molecule has 3 heterocycles. The van der Waals surface area contributed by atoms with E-state index >= 15 is 0 Å². The zero-order valence-corrected chi connectivity index (χ0v) is 15.6. The van der Waals surface area contributed by atoms with E-state index in [0.29, 0.717) is 11.9 Å². The van der Waals surface area contributed by atoms with Gasteiger partial charge in [-0.15, -0.1) is 0 Å². The van der Waals surface area contributed by atoms with Crippen molar-refractivity contribution in [3.8, 4) is 0 Å². The van der Waals surface area contributed by atoms with Crippen LogP contribution >= 0.6 is 0 Å². The quantitative estimate of drug-likeness (QED) is 0.816. The highest BCUT2D eigenvalue weighted by Crippen LogP contribution is 2.31. The molecular formula is C19H36N4O. The number of hydrogen-bond donors (Lipinski definition) is 2. The lowest BCUT2D eigenvalue weighted by atomic mass is 9.83. The fraction of sp³-hybridized carbons (Fsp3) is 0.947. The molecule has 0 aliphatic carbocycles. The van der Waals surface area contributed by atoms with E-state index in [1.165, 1.54) is 45.2 Å². The Labute approximate surface area is 147 Å². The van der Waals surface area contributed by atoms with Crippen molar-refractivity contribution < 1.29 is 4.79 Å². The molecule has 0 aromatic heterocycles. The Hall–Kier alpha value is -0.650. The first-order valence-electron chi connectivity index (χ1n) is 10.0. The normalized spacial score (nSPS) is 32.4. The van der Waals surface area contributed by atoms with Crippen LogP contribution in [0.15, 0.2) is 0 Å². The van der Waals surface area contributed by atoms with Gasteiger partial charge >= 0.3 is 0 Å².